The first-order valence-corrected chi connectivity index (χ1v) is 6.66. The third-order valence-corrected chi connectivity index (χ3v) is 3.53. The average Bonchev–Trinajstić information content (AvgIpc) is 3.02. The molecule has 1 aromatic carbocycles. The zero-order chi connectivity index (χ0) is 14.1. The Hall–Kier alpha value is -2.14. The second kappa shape index (κ2) is 5.09. The van der Waals surface area contributed by atoms with Crippen LogP contribution in [0, 0.1) is 0 Å². The lowest BCUT2D eigenvalue weighted by molar-refractivity contribution is 0.0651. The first kappa shape index (κ1) is 12.9. The first-order valence-electron chi connectivity index (χ1n) is 6.28. The maximum atomic E-state index is 12.2. The summed E-state index contributed by atoms with van der Waals surface area (Å²) in [6, 6.07) is 4.78. The molecule has 0 saturated carbocycles. The summed E-state index contributed by atoms with van der Waals surface area (Å²) in [5, 5.41) is 0.463. The van der Waals surface area contributed by atoms with E-state index >= 15 is 0 Å². The number of aromatic nitrogens is 2. The van der Waals surface area contributed by atoms with Gasteiger partial charge in [-0.25, -0.2) is 4.98 Å². The van der Waals surface area contributed by atoms with Crippen molar-refractivity contribution >= 4 is 23.4 Å². The minimum atomic E-state index is -0.266. The topological polar surface area (TPSA) is 55.2 Å². The molecule has 1 aromatic heterocycles. The number of fused-ring (bicyclic) bond motifs is 1. The summed E-state index contributed by atoms with van der Waals surface area (Å²) in [6.07, 6.45) is 5.95. The van der Waals surface area contributed by atoms with Gasteiger partial charge in [0.15, 0.2) is 0 Å². The molecule has 0 radical (unpaired) electrons. The Bertz CT molecular complexity index is 667. The van der Waals surface area contributed by atoms with Gasteiger partial charge in [0.2, 0.25) is 0 Å². The lowest BCUT2D eigenvalue weighted by atomic mass is 10.1. The smallest absolute Gasteiger partial charge is 0.261 e. The Morgan fingerprint density at radius 2 is 1.90 bits per heavy atom. The number of aryl methyl sites for hydroxylation is 1. The fourth-order valence-corrected chi connectivity index (χ4v) is 2.47. The Morgan fingerprint density at radius 1 is 1.10 bits per heavy atom. The van der Waals surface area contributed by atoms with Crippen LogP contribution in [0.3, 0.4) is 0 Å². The molecular formula is C14H12ClN3O2. The largest absolute Gasteiger partial charge is 0.337 e. The summed E-state index contributed by atoms with van der Waals surface area (Å²) in [6.45, 7) is 1.11. The number of rotatable bonds is 4. The number of hydrogen-bond donors (Lipinski definition) is 0. The molecule has 0 unspecified atom stereocenters. The SMILES string of the molecule is O=C1c2ccc(Cl)cc2C(=O)N1CCCn1ccnc1. The normalized spacial score (nSPS) is 13.9. The number of amides is 2. The molecule has 102 valence electrons. The monoisotopic (exact) mass is 289 g/mol. The van der Waals surface area contributed by atoms with E-state index < -0.39 is 0 Å². The third-order valence-electron chi connectivity index (χ3n) is 3.29. The van der Waals surface area contributed by atoms with Crippen LogP contribution < -0.4 is 0 Å². The molecule has 0 bridgehead atoms. The Labute approximate surface area is 120 Å². The van der Waals surface area contributed by atoms with Gasteiger partial charge in [-0.1, -0.05) is 11.6 Å². The van der Waals surface area contributed by atoms with Gasteiger partial charge >= 0.3 is 0 Å². The summed E-state index contributed by atoms with van der Waals surface area (Å²) in [7, 11) is 0. The van der Waals surface area contributed by atoms with Crippen LogP contribution in [0.25, 0.3) is 0 Å². The van der Waals surface area contributed by atoms with Crippen molar-refractivity contribution in [3.8, 4) is 0 Å². The molecule has 0 spiro atoms. The minimum absolute atomic E-state index is 0.243. The molecule has 2 heterocycles. The maximum Gasteiger partial charge on any atom is 0.261 e. The quantitative estimate of drug-likeness (QED) is 0.811. The second-order valence-corrected chi connectivity index (χ2v) is 5.04. The molecule has 1 aliphatic heterocycles. The van der Waals surface area contributed by atoms with Crippen molar-refractivity contribution in [3.63, 3.8) is 0 Å². The minimum Gasteiger partial charge on any atom is -0.337 e. The van der Waals surface area contributed by atoms with Crippen LogP contribution in [0.5, 0.6) is 0 Å². The lowest BCUT2D eigenvalue weighted by Gasteiger charge is -2.13. The van der Waals surface area contributed by atoms with Crippen LogP contribution >= 0.6 is 11.6 Å². The Balaban J connectivity index is 1.70. The summed E-state index contributed by atoms with van der Waals surface area (Å²) < 4.78 is 1.91. The van der Waals surface area contributed by atoms with Gasteiger partial charge in [0, 0.05) is 30.5 Å². The maximum absolute atomic E-state index is 12.2. The van der Waals surface area contributed by atoms with E-state index in [-0.39, 0.29) is 11.8 Å². The molecule has 3 rings (SSSR count). The number of nitrogens with zero attached hydrogens (tertiary/aromatic N) is 3. The van der Waals surface area contributed by atoms with Gasteiger partial charge in [-0.05, 0) is 24.6 Å². The number of imidazole rings is 1. The predicted octanol–water partition coefficient (Wildman–Crippen LogP) is 2.22. The van der Waals surface area contributed by atoms with Gasteiger partial charge in [-0.15, -0.1) is 0 Å². The van der Waals surface area contributed by atoms with Crippen molar-refractivity contribution in [1.82, 2.24) is 14.5 Å². The Kier molecular flexibility index (Phi) is 3.28. The zero-order valence-corrected chi connectivity index (χ0v) is 11.4. The molecular weight excluding hydrogens is 278 g/mol. The van der Waals surface area contributed by atoms with Crippen molar-refractivity contribution in [1.29, 1.82) is 0 Å². The van der Waals surface area contributed by atoms with Crippen LogP contribution in [-0.4, -0.2) is 32.8 Å². The van der Waals surface area contributed by atoms with Crippen LogP contribution in [0.15, 0.2) is 36.9 Å². The highest BCUT2D eigenvalue weighted by atomic mass is 35.5. The predicted molar refractivity (Wildman–Crippen MR) is 73.7 cm³/mol. The van der Waals surface area contributed by atoms with Gasteiger partial charge in [0.05, 0.1) is 17.5 Å². The second-order valence-electron chi connectivity index (χ2n) is 4.61. The standard InChI is InChI=1S/C14H12ClN3O2/c15-10-2-3-11-12(8-10)14(20)18(13(11)19)6-1-5-17-7-4-16-9-17/h2-4,7-9H,1,5-6H2. The number of imide groups is 1. The highest BCUT2D eigenvalue weighted by Gasteiger charge is 2.34. The van der Waals surface area contributed by atoms with E-state index in [9.17, 15) is 9.59 Å². The Morgan fingerprint density at radius 3 is 2.65 bits per heavy atom. The van der Waals surface area contributed by atoms with E-state index in [4.69, 9.17) is 11.6 Å². The number of carbonyl (C=O) groups is 2. The van der Waals surface area contributed by atoms with E-state index in [0.717, 1.165) is 0 Å². The molecule has 2 aromatic rings. The summed E-state index contributed by atoms with van der Waals surface area (Å²) in [5.74, 6) is -0.509. The van der Waals surface area contributed by atoms with E-state index in [1.54, 1.807) is 30.7 Å². The number of carbonyl (C=O) groups excluding carboxylic acids is 2. The van der Waals surface area contributed by atoms with Crippen molar-refractivity contribution in [2.24, 2.45) is 0 Å². The molecule has 0 saturated heterocycles. The fourth-order valence-electron chi connectivity index (χ4n) is 2.30. The van der Waals surface area contributed by atoms with E-state index in [1.807, 2.05) is 10.8 Å². The summed E-state index contributed by atoms with van der Waals surface area (Å²) in [4.78, 5) is 29.6. The summed E-state index contributed by atoms with van der Waals surface area (Å²) >= 11 is 5.86. The highest BCUT2D eigenvalue weighted by molar-refractivity contribution is 6.32. The molecule has 2 amide bonds. The van der Waals surface area contributed by atoms with Gasteiger partial charge in [-0.2, -0.15) is 0 Å². The molecule has 5 nitrogen and oxygen atoms in total. The average molecular weight is 290 g/mol. The molecule has 0 atom stereocenters. The van der Waals surface area contributed by atoms with Crippen LogP contribution in [0.4, 0.5) is 0 Å². The molecule has 6 heteroatoms. The highest BCUT2D eigenvalue weighted by Crippen LogP contribution is 2.25. The number of halogens is 1. The van der Waals surface area contributed by atoms with E-state index in [0.29, 0.717) is 35.7 Å². The van der Waals surface area contributed by atoms with Crippen LogP contribution in [-0.2, 0) is 6.54 Å². The van der Waals surface area contributed by atoms with E-state index in [2.05, 4.69) is 4.98 Å². The first-order chi connectivity index (χ1) is 9.66. The van der Waals surface area contributed by atoms with Crippen LogP contribution in [0.2, 0.25) is 5.02 Å². The van der Waals surface area contributed by atoms with Crippen molar-refractivity contribution < 1.29 is 9.59 Å². The zero-order valence-electron chi connectivity index (χ0n) is 10.6. The molecule has 0 fully saturated rings. The molecule has 1 aliphatic rings. The van der Waals surface area contributed by atoms with Gasteiger partial charge < -0.3 is 4.57 Å². The van der Waals surface area contributed by atoms with Crippen molar-refractivity contribution in [2.45, 2.75) is 13.0 Å². The number of hydrogen-bond acceptors (Lipinski definition) is 3. The fraction of sp³-hybridized carbons (Fsp3) is 0.214. The van der Waals surface area contributed by atoms with E-state index in [1.165, 1.54) is 4.90 Å². The number of benzene rings is 1. The van der Waals surface area contributed by atoms with Gasteiger partial charge in [0.1, 0.15) is 0 Å². The van der Waals surface area contributed by atoms with Crippen LogP contribution in [0.1, 0.15) is 27.1 Å². The third kappa shape index (κ3) is 2.20. The van der Waals surface area contributed by atoms with Crippen molar-refractivity contribution in [2.75, 3.05) is 6.54 Å². The summed E-state index contributed by atoms with van der Waals surface area (Å²) in [5.41, 5.74) is 0.826. The molecule has 0 N–H and O–H groups in total. The van der Waals surface area contributed by atoms with Gasteiger partial charge in [-0.3, -0.25) is 14.5 Å². The lowest BCUT2D eigenvalue weighted by Crippen LogP contribution is -2.31. The van der Waals surface area contributed by atoms with Gasteiger partial charge in [0.25, 0.3) is 11.8 Å². The molecule has 0 aliphatic carbocycles. The van der Waals surface area contributed by atoms with Crippen molar-refractivity contribution in [3.05, 3.63) is 53.1 Å². The molecule has 20 heavy (non-hydrogen) atoms.